The lowest BCUT2D eigenvalue weighted by Gasteiger charge is -1.96. The summed E-state index contributed by atoms with van der Waals surface area (Å²) in [5.41, 5.74) is -0.350. The number of rotatable bonds is 1. The first-order chi connectivity index (χ1) is 5.16. The lowest BCUT2D eigenvalue weighted by atomic mass is 10.3. The topological polar surface area (TPSA) is 30.0 Å². The van der Waals surface area contributed by atoms with E-state index in [0.717, 1.165) is 6.20 Å². The number of carbonyl (C=O) groups excluding carboxylic acids is 1. The fourth-order valence-electron chi connectivity index (χ4n) is 0.564. The lowest BCUT2D eigenvalue weighted by molar-refractivity contribution is 0.111. The maximum absolute atomic E-state index is 12.6. The number of pyridine rings is 1. The normalized spacial score (nSPS) is 9.73. The van der Waals surface area contributed by atoms with Crippen LogP contribution < -0.4 is 0 Å². The van der Waals surface area contributed by atoms with Gasteiger partial charge in [-0.05, 0) is 15.9 Å². The van der Waals surface area contributed by atoms with Crippen molar-refractivity contribution in [2.24, 2.45) is 0 Å². The predicted molar refractivity (Wildman–Crippen MR) is 37.2 cm³/mol. The van der Waals surface area contributed by atoms with E-state index in [0.29, 0.717) is 0 Å². The minimum absolute atomic E-state index is 0.145. The zero-order valence-corrected chi connectivity index (χ0v) is 6.73. The number of nitrogens with zero attached hydrogens (tertiary/aromatic N) is 1. The molecule has 5 heteroatoms. The molecule has 2 nitrogen and oxygen atoms in total. The lowest BCUT2D eigenvalue weighted by Crippen LogP contribution is -1.96. The number of hydrogen-bond donors (Lipinski definition) is 0. The Kier molecular flexibility index (Phi) is 2.28. The molecule has 0 aliphatic carbocycles. The van der Waals surface area contributed by atoms with Gasteiger partial charge in [-0.1, -0.05) is 0 Å². The van der Waals surface area contributed by atoms with Gasteiger partial charge < -0.3 is 0 Å². The fraction of sp³-hybridized carbons (Fsp3) is 0. The Bertz CT molecular complexity index is 303. The monoisotopic (exact) mass is 221 g/mol. The third-order valence-electron chi connectivity index (χ3n) is 1.08. The van der Waals surface area contributed by atoms with E-state index < -0.39 is 11.8 Å². The quantitative estimate of drug-likeness (QED) is 0.536. The van der Waals surface area contributed by atoms with E-state index >= 15 is 0 Å². The summed E-state index contributed by atoms with van der Waals surface area (Å²) in [6.45, 7) is 0. The largest absolute Gasteiger partial charge is 0.298 e. The molecular weight excluding hydrogens is 220 g/mol. The summed E-state index contributed by atoms with van der Waals surface area (Å²) in [4.78, 5) is 13.2. The molecule has 0 aliphatic rings. The average Bonchev–Trinajstić information content (AvgIpc) is 1.99. The van der Waals surface area contributed by atoms with Crippen LogP contribution in [0, 0.1) is 11.8 Å². The summed E-state index contributed by atoms with van der Waals surface area (Å²) in [6.07, 6.45) is 1.26. The Morgan fingerprint density at radius 1 is 1.55 bits per heavy atom. The van der Waals surface area contributed by atoms with Gasteiger partial charge in [-0.25, -0.2) is 9.37 Å². The van der Waals surface area contributed by atoms with Gasteiger partial charge in [-0.2, -0.15) is 4.39 Å². The van der Waals surface area contributed by atoms with Crippen molar-refractivity contribution < 1.29 is 13.6 Å². The van der Waals surface area contributed by atoms with Crippen LogP contribution in [-0.4, -0.2) is 11.3 Å². The van der Waals surface area contributed by atoms with Crippen molar-refractivity contribution in [3.63, 3.8) is 0 Å². The zero-order valence-electron chi connectivity index (χ0n) is 5.14. The van der Waals surface area contributed by atoms with E-state index in [4.69, 9.17) is 0 Å². The molecule has 0 spiro atoms. The fourth-order valence-corrected chi connectivity index (χ4v) is 0.933. The van der Waals surface area contributed by atoms with Crippen molar-refractivity contribution in [2.45, 2.75) is 0 Å². The zero-order chi connectivity index (χ0) is 8.43. The van der Waals surface area contributed by atoms with E-state index in [-0.39, 0.29) is 16.3 Å². The molecule has 0 amide bonds. The van der Waals surface area contributed by atoms with Gasteiger partial charge in [0.05, 0.1) is 5.56 Å². The molecular formula is C6H2BrF2NO. The molecule has 0 N–H and O–H groups in total. The van der Waals surface area contributed by atoms with E-state index in [2.05, 4.69) is 20.9 Å². The molecule has 0 radical (unpaired) electrons. The molecule has 0 aliphatic heterocycles. The van der Waals surface area contributed by atoms with Crippen LogP contribution in [0.2, 0.25) is 0 Å². The third kappa shape index (κ3) is 1.42. The molecule has 1 heterocycles. The van der Waals surface area contributed by atoms with Crippen LogP contribution in [0.1, 0.15) is 10.4 Å². The summed E-state index contributed by atoms with van der Waals surface area (Å²) in [7, 11) is 0. The molecule has 0 unspecified atom stereocenters. The number of carbonyl (C=O) groups is 1. The summed E-state index contributed by atoms with van der Waals surface area (Å²) >= 11 is 2.84. The second kappa shape index (κ2) is 3.04. The van der Waals surface area contributed by atoms with Gasteiger partial charge in [0.2, 0.25) is 5.95 Å². The minimum Gasteiger partial charge on any atom is -0.298 e. The Morgan fingerprint density at radius 3 is 2.64 bits per heavy atom. The molecule has 1 aromatic heterocycles. The number of halogens is 3. The van der Waals surface area contributed by atoms with Gasteiger partial charge in [0, 0.05) is 10.7 Å². The van der Waals surface area contributed by atoms with E-state index in [1.54, 1.807) is 0 Å². The van der Waals surface area contributed by atoms with Crippen LogP contribution in [0.3, 0.4) is 0 Å². The highest BCUT2D eigenvalue weighted by atomic mass is 79.9. The second-order valence-electron chi connectivity index (χ2n) is 1.74. The van der Waals surface area contributed by atoms with Crippen LogP contribution in [0.15, 0.2) is 10.7 Å². The van der Waals surface area contributed by atoms with Gasteiger partial charge in [-0.3, -0.25) is 4.79 Å². The van der Waals surface area contributed by atoms with Gasteiger partial charge in [0.25, 0.3) is 0 Å². The van der Waals surface area contributed by atoms with Crippen LogP contribution in [0.4, 0.5) is 8.78 Å². The molecule has 1 aromatic rings. The Morgan fingerprint density at radius 2 is 2.18 bits per heavy atom. The summed E-state index contributed by atoms with van der Waals surface area (Å²) in [6, 6.07) is 0. The SMILES string of the molecule is O=Cc1c(Br)cnc(F)c1F. The Balaban J connectivity index is 3.40. The summed E-state index contributed by atoms with van der Waals surface area (Å²) < 4.78 is 25.0. The van der Waals surface area contributed by atoms with Gasteiger partial charge in [0.1, 0.15) is 0 Å². The molecule has 11 heavy (non-hydrogen) atoms. The van der Waals surface area contributed by atoms with Gasteiger partial charge >= 0.3 is 0 Å². The number of aromatic nitrogens is 1. The van der Waals surface area contributed by atoms with E-state index in [9.17, 15) is 13.6 Å². The number of hydrogen-bond acceptors (Lipinski definition) is 2. The summed E-state index contributed by atoms with van der Waals surface area (Å²) in [5.74, 6) is -2.50. The highest BCUT2D eigenvalue weighted by Gasteiger charge is 2.11. The second-order valence-corrected chi connectivity index (χ2v) is 2.60. The molecule has 0 saturated carbocycles. The van der Waals surface area contributed by atoms with Gasteiger partial charge in [0.15, 0.2) is 12.1 Å². The Labute approximate surface area is 69.4 Å². The van der Waals surface area contributed by atoms with Crippen LogP contribution in [0.25, 0.3) is 0 Å². The highest BCUT2D eigenvalue weighted by molar-refractivity contribution is 9.10. The molecule has 0 fully saturated rings. The maximum atomic E-state index is 12.6. The van der Waals surface area contributed by atoms with Crippen molar-refractivity contribution >= 4 is 22.2 Å². The third-order valence-corrected chi connectivity index (χ3v) is 1.72. The van der Waals surface area contributed by atoms with Crippen molar-refractivity contribution in [1.82, 2.24) is 4.98 Å². The van der Waals surface area contributed by atoms with Crippen molar-refractivity contribution in [1.29, 1.82) is 0 Å². The van der Waals surface area contributed by atoms with Crippen LogP contribution in [-0.2, 0) is 0 Å². The maximum Gasteiger partial charge on any atom is 0.249 e. The molecule has 0 atom stereocenters. The predicted octanol–water partition coefficient (Wildman–Crippen LogP) is 1.93. The van der Waals surface area contributed by atoms with E-state index in [1.165, 1.54) is 0 Å². The highest BCUT2D eigenvalue weighted by Crippen LogP contribution is 2.17. The standard InChI is InChI=1S/C6H2BrF2NO/c7-4-1-10-6(9)5(8)3(4)2-11/h1-2H. The summed E-state index contributed by atoms with van der Waals surface area (Å²) in [5, 5.41) is 0. The van der Waals surface area contributed by atoms with Crippen molar-refractivity contribution in [2.75, 3.05) is 0 Å². The first kappa shape index (κ1) is 8.26. The van der Waals surface area contributed by atoms with Crippen LogP contribution >= 0.6 is 15.9 Å². The Hall–Kier alpha value is -0.840. The molecule has 0 aromatic carbocycles. The van der Waals surface area contributed by atoms with Crippen molar-refractivity contribution in [3.8, 4) is 0 Å². The first-order valence-electron chi connectivity index (χ1n) is 2.61. The van der Waals surface area contributed by atoms with Crippen molar-refractivity contribution in [3.05, 3.63) is 28.0 Å². The molecule has 1 rings (SSSR count). The van der Waals surface area contributed by atoms with E-state index in [1.807, 2.05) is 0 Å². The molecule has 0 saturated heterocycles. The average molecular weight is 222 g/mol. The number of aldehydes is 1. The smallest absolute Gasteiger partial charge is 0.249 e. The molecule has 0 bridgehead atoms. The first-order valence-corrected chi connectivity index (χ1v) is 3.40. The molecule has 58 valence electrons. The van der Waals surface area contributed by atoms with Crippen LogP contribution in [0.5, 0.6) is 0 Å². The minimum atomic E-state index is -1.27. The van der Waals surface area contributed by atoms with Gasteiger partial charge in [-0.15, -0.1) is 0 Å².